The van der Waals surface area contributed by atoms with Gasteiger partial charge in [-0.15, -0.1) is 0 Å². The van der Waals surface area contributed by atoms with Crippen molar-refractivity contribution in [1.82, 2.24) is 20.7 Å². The lowest BCUT2D eigenvalue weighted by atomic mass is 9.92. The Labute approximate surface area is 188 Å². The molecule has 1 aromatic carbocycles. The first kappa shape index (κ1) is 23.8. The van der Waals surface area contributed by atoms with Crippen molar-refractivity contribution in [3.05, 3.63) is 36.0 Å². The predicted octanol–water partition coefficient (Wildman–Crippen LogP) is 2.53. The number of hydroxylamine groups is 1. The second-order valence-electron chi connectivity index (χ2n) is 9.05. The normalized spacial score (nSPS) is 18.4. The zero-order chi connectivity index (χ0) is 23.1. The van der Waals surface area contributed by atoms with Crippen molar-refractivity contribution in [3.63, 3.8) is 0 Å². The molecule has 0 saturated carbocycles. The van der Waals surface area contributed by atoms with E-state index in [1.54, 1.807) is 5.48 Å². The van der Waals surface area contributed by atoms with Crippen LogP contribution in [0.4, 0.5) is 0 Å². The number of nitrogens with one attached hydrogen (secondary N) is 3. The molecule has 8 heteroatoms. The molecule has 0 fully saturated rings. The van der Waals surface area contributed by atoms with Crippen LogP contribution in [0.5, 0.6) is 0 Å². The van der Waals surface area contributed by atoms with E-state index < -0.39 is 17.9 Å². The Kier molecular flexibility index (Phi) is 8.27. The van der Waals surface area contributed by atoms with Crippen molar-refractivity contribution in [3.8, 4) is 0 Å². The standard InChI is InChI=1S/C24H34N4O4/c1-16(2)12-17(14-22(29)27-32)23(30)26-20-13-18-15-28(21-9-5-4-8-19(18)21)11-7-3-6-10-25-24(20)31/h4-5,8-9,15-17,20,32H,3,6-7,10-14H2,1-2H3,(H,25,31)(H,26,30)(H,27,29)/t17-,20+/m1/s1. The van der Waals surface area contributed by atoms with Crippen LogP contribution >= 0.6 is 0 Å². The van der Waals surface area contributed by atoms with Crippen molar-refractivity contribution in [2.24, 2.45) is 11.8 Å². The Morgan fingerprint density at radius 3 is 2.75 bits per heavy atom. The first-order valence-corrected chi connectivity index (χ1v) is 11.5. The summed E-state index contributed by atoms with van der Waals surface area (Å²) in [4.78, 5) is 37.8. The van der Waals surface area contributed by atoms with Crippen molar-refractivity contribution >= 4 is 28.6 Å². The van der Waals surface area contributed by atoms with Crippen LogP contribution in [0.15, 0.2) is 30.5 Å². The maximum Gasteiger partial charge on any atom is 0.244 e. The van der Waals surface area contributed by atoms with E-state index in [4.69, 9.17) is 5.21 Å². The van der Waals surface area contributed by atoms with Crippen LogP contribution in [0.2, 0.25) is 0 Å². The first-order chi connectivity index (χ1) is 15.4. The van der Waals surface area contributed by atoms with Crippen LogP contribution in [0.1, 0.15) is 51.5 Å². The largest absolute Gasteiger partial charge is 0.354 e. The van der Waals surface area contributed by atoms with E-state index in [9.17, 15) is 14.4 Å². The third-order valence-corrected chi connectivity index (χ3v) is 5.99. The Balaban J connectivity index is 1.87. The van der Waals surface area contributed by atoms with E-state index in [0.29, 0.717) is 19.4 Å². The highest BCUT2D eigenvalue weighted by molar-refractivity contribution is 5.91. The van der Waals surface area contributed by atoms with E-state index >= 15 is 0 Å². The van der Waals surface area contributed by atoms with Gasteiger partial charge in [0.1, 0.15) is 6.04 Å². The van der Waals surface area contributed by atoms with Gasteiger partial charge in [-0.05, 0) is 43.2 Å². The summed E-state index contributed by atoms with van der Waals surface area (Å²) in [6.07, 6.45) is 5.73. The average Bonchev–Trinajstić information content (AvgIpc) is 3.11. The van der Waals surface area contributed by atoms with Crippen LogP contribution < -0.4 is 16.1 Å². The molecule has 0 aliphatic carbocycles. The van der Waals surface area contributed by atoms with Gasteiger partial charge in [-0.3, -0.25) is 19.6 Å². The summed E-state index contributed by atoms with van der Waals surface area (Å²) < 4.78 is 2.23. The molecule has 32 heavy (non-hydrogen) atoms. The number of carbonyl (C=O) groups is 3. The maximum absolute atomic E-state index is 13.1. The molecule has 1 aromatic heterocycles. The van der Waals surface area contributed by atoms with Gasteiger partial charge in [0, 0.05) is 48.9 Å². The Bertz CT molecular complexity index is 953. The smallest absolute Gasteiger partial charge is 0.244 e. The zero-order valence-electron chi connectivity index (χ0n) is 18.9. The molecule has 0 saturated heterocycles. The van der Waals surface area contributed by atoms with Crippen LogP contribution in [0, 0.1) is 11.8 Å². The van der Waals surface area contributed by atoms with Gasteiger partial charge < -0.3 is 15.2 Å². The number of para-hydroxylation sites is 1. The number of hydrogen-bond acceptors (Lipinski definition) is 4. The number of nitrogens with zero attached hydrogens (tertiary/aromatic N) is 1. The van der Waals surface area contributed by atoms with Crippen LogP contribution in [0.3, 0.4) is 0 Å². The lowest BCUT2D eigenvalue weighted by molar-refractivity contribution is -0.136. The molecule has 8 nitrogen and oxygen atoms in total. The van der Waals surface area contributed by atoms with E-state index in [-0.39, 0.29) is 24.2 Å². The number of carbonyl (C=O) groups excluding carboxylic acids is 3. The number of aryl methyl sites for hydroxylation is 1. The van der Waals surface area contributed by atoms with Crippen molar-refractivity contribution < 1.29 is 19.6 Å². The molecule has 2 heterocycles. The van der Waals surface area contributed by atoms with Crippen LogP contribution in [0.25, 0.3) is 10.9 Å². The molecule has 1 aliphatic heterocycles. The summed E-state index contributed by atoms with van der Waals surface area (Å²) >= 11 is 0. The third-order valence-electron chi connectivity index (χ3n) is 5.99. The third kappa shape index (κ3) is 6.09. The first-order valence-electron chi connectivity index (χ1n) is 11.5. The number of benzene rings is 1. The number of fused-ring (bicyclic) bond motifs is 5. The lowest BCUT2D eigenvalue weighted by Gasteiger charge is -2.23. The fourth-order valence-electron chi connectivity index (χ4n) is 4.43. The summed E-state index contributed by atoms with van der Waals surface area (Å²) in [7, 11) is 0. The topological polar surface area (TPSA) is 112 Å². The van der Waals surface area contributed by atoms with Gasteiger partial charge in [-0.2, -0.15) is 0 Å². The highest BCUT2D eigenvalue weighted by Gasteiger charge is 2.29. The average molecular weight is 443 g/mol. The minimum Gasteiger partial charge on any atom is -0.354 e. The summed E-state index contributed by atoms with van der Waals surface area (Å²) in [6.45, 7) is 5.42. The van der Waals surface area contributed by atoms with Crippen LogP contribution in [-0.4, -0.2) is 40.1 Å². The predicted molar refractivity (Wildman–Crippen MR) is 122 cm³/mol. The summed E-state index contributed by atoms with van der Waals surface area (Å²) in [6, 6.07) is 7.38. The molecule has 2 bridgehead atoms. The molecule has 1 aliphatic rings. The highest BCUT2D eigenvalue weighted by Crippen LogP contribution is 2.24. The van der Waals surface area contributed by atoms with Crippen LogP contribution in [-0.2, 0) is 27.3 Å². The molecule has 2 aromatic rings. The van der Waals surface area contributed by atoms with E-state index in [2.05, 4.69) is 27.5 Å². The molecule has 3 amide bonds. The summed E-state index contributed by atoms with van der Waals surface area (Å²) in [5.74, 6) is -1.63. The van der Waals surface area contributed by atoms with Gasteiger partial charge in [0.2, 0.25) is 17.7 Å². The van der Waals surface area contributed by atoms with Gasteiger partial charge in [-0.1, -0.05) is 32.0 Å². The monoisotopic (exact) mass is 442 g/mol. The van der Waals surface area contributed by atoms with E-state index in [1.165, 1.54) is 0 Å². The molecule has 0 radical (unpaired) electrons. The SMILES string of the molecule is CC(C)C[C@H](CC(=O)NO)C(=O)N[C@H]1Cc2cn(c3ccccc23)CCCCCNC1=O. The Morgan fingerprint density at radius 1 is 1.22 bits per heavy atom. The molecule has 0 spiro atoms. The minimum atomic E-state index is -0.743. The Morgan fingerprint density at radius 2 is 2.00 bits per heavy atom. The number of rotatable bonds is 6. The summed E-state index contributed by atoms with van der Waals surface area (Å²) in [5.41, 5.74) is 3.74. The summed E-state index contributed by atoms with van der Waals surface area (Å²) in [5, 5.41) is 15.8. The van der Waals surface area contributed by atoms with Gasteiger partial charge >= 0.3 is 0 Å². The van der Waals surface area contributed by atoms with E-state index in [0.717, 1.165) is 42.3 Å². The Hall–Kier alpha value is -2.87. The highest BCUT2D eigenvalue weighted by atomic mass is 16.5. The lowest BCUT2D eigenvalue weighted by Crippen LogP contribution is -2.50. The zero-order valence-corrected chi connectivity index (χ0v) is 18.9. The van der Waals surface area contributed by atoms with Crippen molar-refractivity contribution in [2.75, 3.05) is 6.54 Å². The molecule has 174 valence electrons. The van der Waals surface area contributed by atoms with Crippen molar-refractivity contribution in [1.29, 1.82) is 0 Å². The molecule has 4 N–H and O–H groups in total. The number of amides is 3. The van der Waals surface area contributed by atoms with E-state index in [1.807, 2.05) is 32.0 Å². The van der Waals surface area contributed by atoms with Gasteiger partial charge in [0.05, 0.1) is 0 Å². The molecule has 2 atom stereocenters. The maximum atomic E-state index is 13.1. The second kappa shape index (κ2) is 11.1. The van der Waals surface area contributed by atoms with Gasteiger partial charge in [0.25, 0.3) is 0 Å². The van der Waals surface area contributed by atoms with Gasteiger partial charge in [-0.25, -0.2) is 5.48 Å². The van der Waals surface area contributed by atoms with Crippen molar-refractivity contribution in [2.45, 2.75) is 65.0 Å². The quantitative estimate of drug-likeness (QED) is 0.407. The fraction of sp³-hybridized carbons (Fsp3) is 0.542. The number of aromatic nitrogens is 1. The minimum absolute atomic E-state index is 0.131. The van der Waals surface area contributed by atoms with Gasteiger partial charge in [0.15, 0.2) is 0 Å². The molecular formula is C24H34N4O4. The molecular weight excluding hydrogens is 408 g/mol. The second-order valence-corrected chi connectivity index (χ2v) is 9.05. The number of hydrogen-bond donors (Lipinski definition) is 4. The molecule has 0 unspecified atom stereocenters. The molecule has 3 rings (SSSR count). The fourth-order valence-corrected chi connectivity index (χ4v) is 4.43.